The highest BCUT2D eigenvalue weighted by molar-refractivity contribution is 6.30. The first-order valence-electron chi connectivity index (χ1n) is 7.23. The van der Waals surface area contributed by atoms with Crippen molar-refractivity contribution in [2.24, 2.45) is 0 Å². The second-order valence-electron chi connectivity index (χ2n) is 5.51. The topological polar surface area (TPSA) is 21.3 Å². The van der Waals surface area contributed by atoms with Crippen molar-refractivity contribution in [3.8, 4) is 0 Å². The summed E-state index contributed by atoms with van der Waals surface area (Å²) >= 11 is 5.96. The van der Waals surface area contributed by atoms with Crippen molar-refractivity contribution in [2.75, 3.05) is 13.7 Å². The number of hydrogen-bond donors (Lipinski definition) is 1. The van der Waals surface area contributed by atoms with E-state index in [0.29, 0.717) is 6.04 Å². The van der Waals surface area contributed by atoms with Gasteiger partial charge in [-0.1, -0.05) is 37.1 Å². The molecule has 0 radical (unpaired) electrons. The van der Waals surface area contributed by atoms with Crippen LogP contribution in [0.1, 0.15) is 50.6 Å². The Morgan fingerprint density at radius 3 is 2.47 bits per heavy atom. The van der Waals surface area contributed by atoms with Gasteiger partial charge in [0.05, 0.1) is 5.60 Å². The molecular formula is C16H24ClNO. The number of ether oxygens (including phenoxy) is 1. The molecule has 1 aromatic carbocycles. The van der Waals surface area contributed by atoms with E-state index in [0.717, 1.165) is 18.0 Å². The molecule has 1 aliphatic carbocycles. The maximum absolute atomic E-state index is 5.96. The lowest BCUT2D eigenvalue weighted by molar-refractivity contribution is -0.0710. The van der Waals surface area contributed by atoms with Gasteiger partial charge in [-0.15, -0.1) is 0 Å². The van der Waals surface area contributed by atoms with Crippen LogP contribution in [0.5, 0.6) is 0 Å². The summed E-state index contributed by atoms with van der Waals surface area (Å²) in [6.45, 7) is 3.16. The van der Waals surface area contributed by atoms with Crippen LogP contribution in [0.3, 0.4) is 0 Å². The molecule has 1 atom stereocenters. The minimum atomic E-state index is 0.0818. The molecule has 0 saturated heterocycles. The quantitative estimate of drug-likeness (QED) is 0.803. The van der Waals surface area contributed by atoms with E-state index >= 15 is 0 Å². The van der Waals surface area contributed by atoms with Gasteiger partial charge in [-0.25, -0.2) is 0 Å². The maximum Gasteiger partial charge on any atom is 0.0802 e. The molecular weight excluding hydrogens is 258 g/mol. The zero-order valence-electron chi connectivity index (χ0n) is 11.9. The Labute approximate surface area is 121 Å². The van der Waals surface area contributed by atoms with E-state index in [9.17, 15) is 0 Å². The molecule has 1 aliphatic rings. The Bertz CT molecular complexity index is 381. The second-order valence-corrected chi connectivity index (χ2v) is 5.95. The van der Waals surface area contributed by atoms with Crippen LogP contribution < -0.4 is 5.32 Å². The van der Waals surface area contributed by atoms with Gasteiger partial charge in [0.25, 0.3) is 0 Å². The summed E-state index contributed by atoms with van der Waals surface area (Å²) < 4.78 is 5.67. The third-order valence-electron chi connectivity index (χ3n) is 4.22. The van der Waals surface area contributed by atoms with Crippen LogP contribution in [0.4, 0.5) is 0 Å². The molecule has 3 heteroatoms. The normalized spacial score (nSPS) is 18.9. The summed E-state index contributed by atoms with van der Waals surface area (Å²) in [5, 5.41) is 4.48. The second kappa shape index (κ2) is 6.74. The Kier molecular flexibility index (Phi) is 5.26. The van der Waals surface area contributed by atoms with Crippen molar-refractivity contribution in [3.63, 3.8) is 0 Å². The molecule has 1 unspecified atom stereocenters. The lowest BCUT2D eigenvalue weighted by Gasteiger charge is -2.41. The molecule has 0 aromatic heterocycles. The number of halogens is 1. The number of rotatable bonds is 7. The predicted octanol–water partition coefficient (Wildman–Crippen LogP) is 4.34. The zero-order valence-corrected chi connectivity index (χ0v) is 12.7. The monoisotopic (exact) mass is 281 g/mol. The van der Waals surface area contributed by atoms with E-state index in [4.69, 9.17) is 16.3 Å². The highest BCUT2D eigenvalue weighted by Crippen LogP contribution is 2.35. The van der Waals surface area contributed by atoms with E-state index < -0.39 is 0 Å². The van der Waals surface area contributed by atoms with Crippen molar-refractivity contribution in [1.29, 1.82) is 0 Å². The minimum Gasteiger partial charge on any atom is -0.377 e. The Morgan fingerprint density at radius 1 is 1.32 bits per heavy atom. The molecule has 106 valence electrons. The van der Waals surface area contributed by atoms with Crippen LogP contribution in [0.25, 0.3) is 0 Å². The van der Waals surface area contributed by atoms with Gasteiger partial charge in [0.2, 0.25) is 0 Å². The lowest BCUT2D eigenvalue weighted by atomic mass is 9.79. The van der Waals surface area contributed by atoms with Crippen molar-refractivity contribution in [2.45, 2.75) is 50.7 Å². The maximum atomic E-state index is 5.96. The molecule has 1 N–H and O–H groups in total. The van der Waals surface area contributed by atoms with Crippen LogP contribution >= 0.6 is 11.6 Å². The molecule has 2 nitrogen and oxygen atoms in total. The van der Waals surface area contributed by atoms with Crippen molar-refractivity contribution < 1.29 is 4.74 Å². The van der Waals surface area contributed by atoms with Gasteiger partial charge >= 0.3 is 0 Å². The first-order valence-corrected chi connectivity index (χ1v) is 7.61. The standard InChI is InChI=1S/C16H24ClNO/c1-3-5-15(13-6-8-14(17)9-7-13)18-12-16(19-2)10-4-11-16/h6-9,15,18H,3-5,10-12H2,1-2H3. The molecule has 1 saturated carbocycles. The molecule has 2 rings (SSSR count). The lowest BCUT2D eigenvalue weighted by Crippen LogP contribution is -2.48. The first-order chi connectivity index (χ1) is 9.19. The van der Waals surface area contributed by atoms with Crippen LogP contribution in [0.2, 0.25) is 5.02 Å². The third-order valence-corrected chi connectivity index (χ3v) is 4.47. The molecule has 1 fully saturated rings. The largest absolute Gasteiger partial charge is 0.377 e. The summed E-state index contributed by atoms with van der Waals surface area (Å²) in [4.78, 5) is 0. The molecule has 0 spiro atoms. The Balaban J connectivity index is 1.97. The summed E-state index contributed by atoms with van der Waals surface area (Å²) in [7, 11) is 1.83. The predicted molar refractivity (Wildman–Crippen MR) is 80.7 cm³/mol. The number of hydrogen-bond acceptors (Lipinski definition) is 2. The van der Waals surface area contributed by atoms with Gasteiger partial charge in [-0.05, 0) is 43.4 Å². The SMILES string of the molecule is CCCC(NCC1(OC)CCC1)c1ccc(Cl)cc1. The average Bonchev–Trinajstić information content (AvgIpc) is 2.38. The highest BCUT2D eigenvalue weighted by atomic mass is 35.5. The average molecular weight is 282 g/mol. The fourth-order valence-corrected chi connectivity index (χ4v) is 2.83. The summed E-state index contributed by atoms with van der Waals surface area (Å²) in [6.07, 6.45) is 5.95. The van der Waals surface area contributed by atoms with Crippen LogP contribution in [0.15, 0.2) is 24.3 Å². The van der Waals surface area contributed by atoms with Crippen LogP contribution in [-0.2, 0) is 4.74 Å². The van der Waals surface area contributed by atoms with Gasteiger partial charge in [-0.3, -0.25) is 0 Å². The third kappa shape index (κ3) is 3.71. The molecule has 0 bridgehead atoms. The van der Waals surface area contributed by atoms with E-state index in [2.05, 4.69) is 24.4 Å². The van der Waals surface area contributed by atoms with Crippen molar-refractivity contribution >= 4 is 11.6 Å². The summed E-state index contributed by atoms with van der Waals surface area (Å²) in [6, 6.07) is 8.58. The zero-order chi connectivity index (χ0) is 13.7. The fourth-order valence-electron chi connectivity index (χ4n) is 2.70. The molecule has 0 aliphatic heterocycles. The number of nitrogens with one attached hydrogen (secondary N) is 1. The first kappa shape index (κ1) is 14.8. The van der Waals surface area contributed by atoms with Crippen molar-refractivity contribution in [1.82, 2.24) is 5.32 Å². The van der Waals surface area contributed by atoms with E-state index in [-0.39, 0.29) is 5.60 Å². The van der Waals surface area contributed by atoms with Crippen LogP contribution in [0, 0.1) is 0 Å². The summed E-state index contributed by atoms with van der Waals surface area (Å²) in [5.41, 5.74) is 1.40. The van der Waals surface area contributed by atoms with Crippen LogP contribution in [-0.4, -0.2) is 19.3 Å². The minimum absolute atomic E-state index is 0.0818. The van der Waals surface area contributed by atoms with Gasteiger partial charge in [0, 0.05) is 24.7 Å². The number of benzene rings is 1. The molecule has 19 heavy (non-hydrogen) atoms. The van der Waals surface area contributed by atoms with E-state index in [1.54, 1.807) is 0 Å². The van der Waals surface area contributed by atoms with E-state index in [1.807, 2.05) is 19.2 Å². The smallest absolute Gasteiger partial charge is 0.0802 e. The molecule has 1 aromatic rings. The Morgan fingerprint density at radius 2 is 2.00 bits per heavy atom. The van der Waals surface area contributed by atoms with E-state index in [1.165, 1.54) is 31.2 Å². The van der Waals surface area contributed by atoms with Gasteiger partial charge in [0.15, 0.2) is 0 Å². The fraction of sp³-hybridized carbons (Fsp3) is 0.625. The van der Waals surface area contributed by atoms with Gasteiger partial charge < -0.3 is 10.1 Å². The highest BCUT2D eigenvalue weighted by Gasteiger charge is 2.37. The summed E-state index contributed by atoms with van der Waals surface area (Å²) in [5.74, 6) is 0. The molecule has 0 amide bonds. The Hall–Kier alpha value is -0.570. The van der Waals surface area contributed by atoms with Gasteiger partial charge in [-0.2, -0.15) is 0 Å². The van der Waals surface area contributed by atoms with Crippen molar-refractivity contribution in [3.05, 3.63) is 34.9 Å². The molecule has 0 heterocycles. The number of methoxy groups -OCH3 is 1. The van der Waals surface area contributed by atoms with Gasteiger partial charge in [0.1, 0.15) is 0 Å².